The average Bonchev–Trinajstić information content (AvgIpc) is 1.98. The standard InChI is InChI=1S/C6H11F2NO5S/c1-6(12,2-4(10)11)3-9-15(13,14)5(7)8/h5,9,12H,2-3H2,1H3,(H,10,11). The quantitative estimate of drug-likeness (QED) is 0.579. The zero-order valence-electron chi connectivity index (χ0n) is 7.77. The molecule has 0 aliphatic rings. The minimum absolute atomic E-state index is 0.751. The molecule has 0 aromatic heterocycles. The summed E-state index contributed by atoms with van der Waals surface area (Å²) in [4.78, 5) is 10.2. The van der Waals surface area contributed by atoms with Crippen molar-refractivity contribution in [1.29, 1.82) is 0 Å². The van der Waals surface area contributed by atoms with Crippen molar-refractivity contribution in [3.8, 4) is 0 Å². The number of sulfonamides is 1. The van der Waals surface area contributed by atoms with Gasteiger partial charge >= 0.3 is 11.7 Å². The molecule has 0 bridgehead atoms. The fraction of sp³-hybridized carbons (Fsp3) is 0.833. The van der Waals surface area contributed by atoms with Gasteiger partial charge in [0, 0.05) is 6.54 Å². The second kappa shape index (κ2) is 4.81. The van der Waals surface area contributed by atoms with E-state index in [1.54, 1.807) is 0 Å². The van der Waals surface area contributed by atoms with Crippen LogP contribution >= 0.6 is 0 Å². The molecule has 0 aromatic rings. The Hall–Kier alpha value is -0.800. The normalized spacial score (nSPS) is 16.3. The summed E-state index contributed by atoms with van der Waals surface area (Å²) in [7, 11) is -4.80. The zero-order valence-corrected chi connectivity index (χ0v) is 8.59. The number of rotatable bonds is 6. The largest absolute Gasteiger partial charge is 0.481 e. The molecule has 0 amide bonds. The molecule has 0 aromatic carbocycles. The lowest BCUT2D eigenvalue weighted by atomic mass is 10.0. The molecule has 0 saturated carbocycles. The van der Waals surface area contributed by atoms with E-state index in [-0.39, 0.29) is 0 Å². The Labute approximate surface area is 85.0 Å². The van der Waals surface area contributed by atoms with Crippen LogP contribution in [0.3, 0.4) is 0 Å². The van der Waals surface area contributed by atoms with Gasteiger partial charge in [0.1, 0.15) is 0 Å². The third-order valence-electron chi connectivity index (χ3n) is 1.42. The Morgan fingerprint density at radius 3 is 2.33 bits per heavy atom. The Kier molecular flexibility index (Phi) is 4.56. The van der Waals surface area contributed by atoms with Gasteiger partial charge in [0.25, 0.3) is 10.0 Å². The Balaban J connectivity index is 4.33. The molecule has 3 N–H and O–H groups in total. The van der Waals surface area contributed by atoms with Crippen LogP contribution in [0.2, 0.25) is 0 Å². The Morgan fingerprint density at radius 1 is 1.53 bits per heavy atom. The van der Waals surface area contributed by atoms with Crippen LogP contribution in [-0.4, -0.2) is 42.5 Å². The van der Waals surface area contributed by atoms with Crippen LogP contribution in [0.4, 0.5) is 8.78 Å². The van der Waals surface area contributed by atoms with Gasteiger partial charge in [-0.1, -0.05) is 0 Å². The van der Waals surface area contributed by atoms with E-state index >= 15 is 0 Å². The third-order valence-corrected chi connectivity index (χ3v) is 2.44. The number of halogens is 2. The molecule has 0 aliphatic carbocycles. The van der Waals surface area contributed by atoms with Crippen molar-refractivity contribution >= 4 is 16.0 Å². The number of hydrogen-bond acceptors (Lipinski definition) is 4. The predicted octanol–water partition coefficient (Wildman–Crippen LogP) is -0.646. The van der Waals surface area contributed by atoms with Gasteiger partial charge in [-0.2, -0.15) is 8.78 Å². The first-order valence-corrected chi connectivity index (χ1v) is 5.32. The summed E-state index contributed by atoms with van der Waals surface area (Å²) >= 11 is 0. The fourth-order valence-corrected chi connectivity index (χ4v) is 1.35. The van der Waals surface area contributed by atoms with Crippen LogP contribution in [0.5, 0.6) is 0 Å². The van der Waals surface area contributed by atoms with Crippen LogP contribution in [0.25, 0.3) is 0 Å². The molecule has 6 nitrogen and oxygen atoms in total. The van der Waals surface area contributed by atoms with Crippen LogP contribution in [0, 0.1) is 0 Å². The molecule has 15 heavy (non-hydrogen) atoms. The molecular weight excluding hydrogens is 236 g/mol. The van der Waals surface area contributed by atoms with Gasteiger partial charge in [-0.3, -0.25) is 4.79 Å². The number of nitrogens with one attached hydrogen (secondary N) is 1. The van der Waals surface area contributed by atoms with Crippen molar-refractivity contribution in [3.63, 3.8) is 0 Å². The van der Waals surface area contributed by atoms with Gasteiger partial charge < -0.3 is 10.2 Å². The van der Waals surface area contributed by atoms with Gasteiger partial charge in [0.2, 0.25) is 0 Å². The molecule has 1 atom stereocenters. The minimum atomic E-state index is -4.80. The van der Waals surface area contributed by atoms with E-state index in [1.807, 2.05) is 0 Å². The molecule has 0 aliphatic heterocycles. The summed E-state index contributed by atoms with van der Waals surface area (Å²) < 4.78 is 46.1. The van der Waals surface area contributed by atoms with Gasteiger partial charge in [0.05, 0.1) is 12.0 Å². The second-order valence-electron chi connectivity index (χ2n) is 3.19. The van der Waals surface area contributed by atoms with E-state index in [2.05, 4.69) is 0 Å². The SMILES string of the molecule is CC(O)(CNS(=O)(=O)C(F)F)CC(=O)O. The van der Waals surface area contributed by atoms with Gasteiger partial charge in [-0.25, -0.2) is 13.1 Å². The average molecular weight is 247 g/mol. The highest BCUT2D eigenvalue weighted by Gasteiger charge is 2.30. The van der Waals surface area contributed by atoms with Crippen LogP contribution in [-0.2, 0) is 14.8 Å². The predicted molar refractivity (Wildman–Crippen MR) is 45.8 cm³/mol. The minimum Gasteiger partial charge on any atom is -0.481 e. The zero-order chi connectivity index (χ0) is 12.3. The maximum absolute atomic E-state index is 11.8. The lowest BCUT2D eigenvalue weighted by Crippen LogP contribution is -2.43. The first-order chi connectivity index (χ1) is 6.57. The highest BCUT2D eigenvalue weighted by molar-refractivity contribution is 7.89. The smallest absolute Gasteiger partial charge is 0.350 e. The maximum atomic E-state index is 11.8. The van der Waals surface area contributed by atoms with Crippen molar-refractivity contribution in [1.82, 2.24) is 4.72 Å². The van der Waals surface area contributed by atoms with Crippen molar-refractivity contribution in [2.75, 3.05) is 6.54 Å². The molecule has 9 heteroatoms. The van der Waals surface area contributed by atoms with E-state index < -0.39 is 40.3 Å². The highest BCUT2D eigenvalue weighted by Crippen LogP contribution is 2.09. The topological polar surface area (TPSA) is 104 Å². The van der Waals surface area contributed by atoms with Gasteiger partial charge in [-0.15, -0.1) is 0 Å². The number of hydrogen-bond donors (Lipinski definition) is 3. The summed E-state index contributed by atoms with van der Waals surface area (Å²) in [6, 6.07) is 0. The van der Waals surface area contributed by atoms with Crippen LogP contribution < -0.4 is 4.72 Å². The van der Waals surface area contributed by atoms with Crippen molar-refractivity contribution in [2.24, 2.45) is 0 Å². The Bertz CT molecular complexity index is 326. The van der Waals surface area contributed by atoms with E-state index in [0.717, 1.165) is 6.92 Å². The Morgan fingerprint density at radius 2 is 2.00 bits per heavy atom. The summed E-state index contributed by atoms with van der Waals surface area (Å²) in [6.45, 7) is 0.237. The lowest BCUT2D eigenvalue weighted by Gasteiger charge is -2.21. The molecule has 90 valence electrons. The van der Waals surface area contributed by atoms with Crippen molar-refractivity contribution < 1.29 is 32.2 Å². The number of aliphatic carboxylic acids is 1. The summed E-state index contributed by atoms with van der Waals surface area (Å²) in [5.41, 5.74) is -1.91. The maximum Gasteiger partial charge on any atom is 0.350 e. The monoisotopic (exact) mass is 247 g/mol. The number of carbonyl (C=O) groups is 1. The molecule has 0 fully saturated rings. The van der Waals surface area contributed by atoms with E-state index in [0.29, 0.717) is 0 Å². The first-order valence-electron chi connectivity index (χ1n) is 3.78. The number of alkyl halides is 2. The molecule has 0 rings (SSSR count). The van der Waals surface area contributed by atoms with Crippen LogP contribution in [0.1, 0.15) is 13.3 Å². The van der Waals surface area contributed by atoms with Gasteiger partial charge in [0.15, 0.2) is 0 Å². The third kappa shape index (κ3) is 5.60. The second-order valence-corrected chi connectivity index (χ2v) is 4.93. The summed E-state index contributed by atoms with van der Waals surface area (Å²) in [6.07, 6.45) is -0.751. The van der Waals surface area contributed by atoms with Crippen molar-refractivity contribution in [3.05, 3.63) is 0 Å². The summed E-state index contributed by atoms with van der Waals surface area (Å²) in [5.74, 6) is -4.98. The number of carboxylic acids is 1. The van der Waals surface area contributed by atoms with E-state index in [1.165, 1.54) is 4.72 Å². The molecule has 0 radical (unpaired) electrons. The van der Waals surface area contributed by atoms with Gasteiger partial charge in [-0.05, 0) is 6.92 Å². The summed E-state index contributed by atoms with van der Waals surface area (Å²) in [5, 5.41) is 17.6. The molecule has 0 spiro atoms. The molecule has 0 heterocycles. The van der Waals surface area contributed by atoms with Crippen LogP contribution in [0.15, 0.2) is 0 Å². The number of carboxylic acid groups (broad SMARTS) is 1. The lowest BCUT2D eigenvalue weighted by molar-refractivity contribution is -0.141. The first kappa shape index (κ1) is 14.2. The molecule has 0 saturated heterocycles. The fourth-order valence-electron chi connectivity index (χ4n) is 0.707. The number of aliphatic hydroxyl groups is 1. The highest BCUT2D eigenvalue weighted by atomic mass is 32.2. The molecular formula is C6H11F2NO5S. The van der Waals surface area contributed by atoms with Crippen molar-refractivity contribution in [2.45, 2.75) is 24.7 Å². The van der Waals surface area contributed by atoms with E-state index in [9.17, 15) is 27.1 Å². The molecule has 1 unspecified atom stereocenters. The van der Waals surface area contributed by atoms with E-state index in [4.69, 9.17) is 5.11 Å².